The van der Waals surface area contributed by atoms with E-state index < -0.39 is 0 Å². The zero-order valence-electron chi connectivity index (χ0n) is 8.40. The molecule has 2 heterocycles. The van der Waals surface area contributed by atoms with Gasteiger partial charge in [-0.05, 0) is 18.2 Å². The maximum absolute atomic E-state index is 11.5. The van der Waals surface area contributed by atoms with E-state index in [0.29, 0.717) is 5.52 Å². The number of aromatic nitrogens is 2. The second-order valence-corrected chi connectivity index (χ2v) is 3.64. The largest absolute Gasteiger partial charge is 0.394 e. The highest BCUT2D eigenvalue weighted by atomic mass is 16.1. The van der Waals surface area contributed by atoms with E-state index >= 15 is 0 Å². The molecular weight excluding hydrogens is 202 g/mol. The fraction of sp³-hybridized carbons (Fsp3) is 0. The lowest BCUT2D eigenvalue weighted by atomic mass is 10.2. The number of nitrogens with zero attached hydrogens (tertiary/aromatic N) is 1. The van der Waals surface area contributed by atoms with Crippen LogP contribution in [0.3, 0.4) is 0 Å². The second-order valence-electron chi connectivity index (χ2n) is 3.64. The van der Waals surface area contributed by atoms with Gasteiger partial charge in [0.1, 0.15) is 5.52 Å². The third kappa shape index (κ3) is 1.16. The number of aromatic amines is 1. The Morgan fingerprint density at radius 1 is 1.06 bits per heavy atom. The summed E-state index contributed by atoms with van der Waals surface area (Å²) >= 11 is 0. The lowest BCUT2D eigenvalue weighted by Gasteiger charge is -1.85. The van der Waals surface area contributed by atoms with Gasteiger partial charge in [-0.1, -0.05) is 18.2 Å². The summed E-state index contributed by atoms with van der Waals surface area (Å²) in [6, 6.07) is 11.1. The number of para-hydroxylation sites is 1. The van der Waals surface area contributed by atoms with Crippen LogP contribution in [0.2, 0.25) is 0 Å². The number of hydrogen-bond donors (Lipinski definition) is 2. The smallest absolute Gasteiger partial charge is 0.293 e. The van der Waals surface area contributed by atoms with Crippen molar-refractivity contribution in [2.75, 3.05) is 5.73 Å². The summed E-state index contributed by atoms with van der Waals surface area (Å²) in [6.07, 6.45) is 0. The molecule has 4 nitrogen and oxygen atoms in total. The molecule has 78 valence electrons. The fourth-order valence-corrected chi connectivity index (χ4v) is 1.80. The van der Waals surface area contributed by atoms with Crippen LogP contribution in [0.4, 0.5) is 5.69 Å². The van der Waals surface area contributed by atoms with E-state index in [4.69, 9.17) is 5.73 Å². The number of nitrogens with two attached hydrogens (primary N) is 1. The quantitative estimate of drug-likeness (QED) is 0.594. The summed E-state index contributed by atoms with van der Waals surface area (Å²) in [7, 11) is 0. The lowest BCUT2D eigenvalue weighted by Crippen LogP contribution is -2.07. The number of hydrogen-bond acceptors (Lipinski definition) is 3. The van der Waals surface area contributed by atoms with Gasteiger partial charge < -0.3 is 10.7 Å². The van der Waals surface area contributed by atoms with E-state index in [2.05, 4.69) is 9.97 Å². The van der Waals surface area contributed by atoms with Gasteiger partial charge in [0, 0.05) is 10.9 Å². The molecule has 0 amide bonds. The van der Waals surface area contributed by atoms with Gasteiger partial charge in [0.05, 0.1) is 11.2 Å². The normalized spacial score (nSPS) is 11.0. The Morgan fingerprint density at radius 2 is 1.88 bits per heavy atom. The number of H-pyrrole nitrogens is 1. The molecule has 3 aromatic rings. The van der Waals surface area contributed by atoms with E-state index in [1.54, 1.807) is 12.1 Å². The zero-order valence-corrected chi connectivity index (χ0v) is 8.40. The van der Waals surface area contributed by atoms with E-state index in [9.17, 15) is 4.79 Å². The SMILES string of the molecule is Nc1ccc2[nH]c3ccccc3c2nc1=O. The Hall–Kier alpha value is -2.36. The van der Waals surface area contributed by atoms with E-state index in [1.165, 1.54) is 0 Å². The number of rotatable bonds is 0. The molecule has 0 spiro atoms. The van der Waals surface area contributed by atoms with Crippen molar-refractivity contribution in [1.82, 2.24) is 9.97 Å². The van der Waals surface area contributed by atoms with Crippen LogP contribution in [-0.4, -0.2) is 9.97 Å². The molecule has 3 N–H and O–H groups in total. The minimum atomic E-state index is -0.389. The van der Waals surface area contributed by atoms with Gasteiger partial charge in [0.2, 0.25) is 0 Å². The van der Waals surface area contributed by atoms with Gasteiger partial charge in [0.25, 0.3) is 5.56 Å². The van der Waals surface area contributed by atoms with Crippen molar-refractivity contribution in [3.05, 3.63) is 46.8 Å². The molecule has 0 unspecified atom stereocenters. The van der Waals surface area contributed by atoms with Gasteiger partial charge in [-0.15, -0.1) is 0 Å². The number of nitrogen functional groups attached to an aromatic ring is 1. The van der Waals surface area contributed by atoms with E-state index in [-0.39, 0.29) is 11.2 Å². The summed E-state index contributed by atoms with van der Waals surface area (Å²) in [4.78, 5) is 18.7. The first-order valence-electron chi connectivity index (χ1n) is 4.93. The Labute approximate surface area is 90.7 Å². The molecular formula is C12H9N3O. The number of benzene rings is 1. The van der Waals surface area contributed by atoms with Crippen molar-refractivity contribution in [3.8, 4) is 0 Å². The molecule has 0 aliphatic rings. The van der Waals surface area contributed by atoms with Crippen molar-refractivity contribution < 1.29 is 0 Å². The van der Waals surface area contributed by atoms with Crippen molar-refractivity contribution >= 4 is 27.6 Å². The lowest BCUT2D eigenvalue weighted by molar-refractivity contribution is 1.34. The topological polar surface area (TPSA) is 71.8 Å². The van der Waals surface area contributed by atoms with Gasteiger partial charge in [-0.3, -0.25) is 4.79 Å². The van der Waals surface area contributed by atoms with Crippen LogP contribution in [0.15, 0.2) is 41.2 Å². The van der Waals surface area contributed by atoms with Gasteiger partial charge in [-0.25, -0.2) is 4.98 Å². The molecule has 0 atom stereocenters. The average Bonchev–Trinajstić information content (AvgIpc) is 2.58. The first-order valence-corrected chi connectivity index (χ1v) is 4.93. The van der Waals surface area contributed by atoms with Gasteiger partial charge in [0.15, 0.2) is 0 Å². The van der Waals surface area contributed by atoms with Crippen LogP contribution in [0.1, 0.15) is 0 Å². The second kappa shape index (κ2) is 3.06. The summed E-state index contributed by atoms with van der Waals surface area (Å²) < 4.78 is 0. The molecule has 0 aliphatic heterocycles. The fourth-order valence-electron chi connectivity index (χ4n) is 1.80. The molecule has 0 bridgehead atoms. The molecule has 4 heteroatoms. The van der Waals surface area contributed by atoms with Crippen LogP contribution in [0.25, 0.3) is 21.9 Å². The monoisotopic (exact) mass is 211 g/mol. The summed E-state index contributed by atoms with van der Waals surface area (Å²) in [5, 5.41) is 0.935. The van der Waals surface area contributed by atoms with Crippen molar-refractivity contribution in [2.24, 2.45) is 0 Å². The van der Waals surface area contributed by atoms with Crippen LogP contribution in [-0.2, 0) is 0 Å². The number of nitrogens with one attached hydrogen (secondary N) is 1. The zero-order chi connectivity index (χ0) is 11.1. The molecule has 0 radical (unpaired) electrons. The minimum absolute atomic E-state index is 0.161. The highest BCUT2D eigenvalue weighted by molar-refractivity contribution is 6.04. The molecule has 1 aromatic carbocycles. The van der Waals surface area contributed by atoms with Crippen molar-refractivity contribution in [2.45, 2.75) is 0 Å². The Balaban J connectivity index is 2.62. The molecule has 0 aliphatic carbocycles. The summed E-state index contributed by atoms with van der Waals surface area (Å²) in [5.41, 5.74) is 7.75. The maximum atomic E-state index is 11.5. The Bertz CT molecular complexity index is 746. The predicted molar refractivity (Wildman–Crippen MR) is 64.3 cm³/mol. The van der Waals surface area contributed by atoms with E-state index in [1.807, 2.05) is 24.3 Å². The maximum Gasteiger partial charge on any atom is 0.293 e. The highest BCUT2D eigenvalue weighted by Crippen LogP contribution is 2.21. The first-order chi connectivity index (χ1) is 7.75. The standard InChI is InChI=1S/C12H9N3O/c13-8-5-6-10-11(15-12(8)16)7-3-1-2-4-9(7)14-10/h1-6,14H,(H2,13,15,16). The summed E-state index contributed by atoms with van der Waals surface area (Å²) in [5.74, 6) is 0. The summed E-state index contributed by atoms with van der Waals surface area (Å²) in [6.45, 7) is 0. The molecule has 3 rings (SSSR count). The highest BCUT2D eigenvalue weighted by Gasteiger charge is 2.04. The average molecular weight is 211 g/mol. The van der Waals surface area contributed by atoms with Crippen LogP contribution < -0.4 is 11.3 Å². The van der Waals surface area contributed by atoms with E-state index in [0.717, 1.165) is 16.4 Å². The van der Waals surface area contributed by atoms with Crippen molar-refractivity contribution in [3.63, 3.8) is 0 Å². The molecule has 0 saturated carbocycles. The van der Waals surface area contributed by atoms with Crippen LogP contribution in [0, 0.1) is 0 Å². The van der Waals surface area contributed by atoms with Crippen LogP contribution >= 0.6 is 0 Å². The van der Waals surface area contributed by atoms with Crippen LogP contribution in [0.5, 0.6) is 0 Å². The van der Waals surface area contributed by atoms with Gasteiger partial charge >= 0.3 is 0 Å². The molecule has 16 heavy (non-hydrogen) atoms. The first kappa shape index (κ1) is 8.91. The Morgan fingerprint density at radius 3 is 2.75 bits per heavy atom. The minimum Gasteiger partial charge on any atom is -0.394 e. The predicted octanol–water partition coefficient (Wildman–Crippen LogP) is 1.66. The molecule has 0 saturated heterocycles. The third-order valence-corrected chi connectivity index (χ3v) is 2.60. The molecule has 2 aromatic heterocycles. The third-order valence-electron chi connectivity index (χ3n) is 2.60. The number of fused-ring (bicyclic) bond motifs is 3. The number of anilines is 1. The van der Waals surface area contributed by atoms with Gasteiger partial charge in [-0.2, -0.15) is 0 Å². The molecule has 0 fully saturated rings. The Kier molecular flexibility index (Phi) is 1.71. The van der Waals surface area contributed by atoms with Crippen molar-refractivity contribution in [1.29, 1.82) is 0 Å².